The summed E-state index contributed by atoms with van der Waals surface area (Å²) in [5.41, 5.74) is 3.11. The monoisotopic (exact) mass is 397 g/mol. The highest BCUT2D eigenvalue weighted by Gasteiger charge is 2.08. The Hall–Kier alpha value is -3.93. The molecule has 0 saturated carbocycles. The molecule has 3 N–H and O–H groups in total. The Bertz CT molecular complexity index is 1190. The van der Waals surface area contributed by atoms with Gasteiger partial charge < -0.3 is 16.0 Å². The van der Waals surface area contributed by atoms with Gasteiger partial charge in [-0.05, 0) is 61.0 Å². The Balaban J connectivity index is 1.45. The first-order valence-electron chi connectivity index (χ1n) is 9.87. The molecule has 3 aromatic carbocycles. The van der Waals surface area contributed by atoms with Gasteiger partial charge in [0.25, 0.3) is 5.91 Å². The lowest BCUT2D eigenvalue weighted by atomic mass is 10.1. The van der Waals surface area contributed by atoms with Crippen LogP contribution in [-0.4, -0.2) is 22.4 Å². The zero-order chi connectivity index (χ0) is 20.9. The van der Waals surface area contributed by atoms with Crippen LogP contribution in [-0.2, 0) is 0 Å². The molecule has 150 valence electrons. The van der Waals surface area contributed by atoms with Gasteiger partial charge in [-0.2, -0.15) is 4.98 Å². The van der Waals surface area contributed by atoms with E-state index in [9.17, 15) is 4.79 Å². The first-order chi connectivity index (χ1) is 14.6. The quantitative estimate of drug-likeness (QED) is 0.408. The third-order valence-corrected chi connectivity index (χ3v) is 4.62. The van der Waals surface area contributed by atoms with Crippen LogP contribution in [0.3, 0.4) is 0 Å². The van der Waals surface area contributed by atoms with Crippen molar-refractivity contribution in [1.82, 2.24) is 9.97 Å². The third kappa shape index (κ3) is 4.55. The summed E-state index contributed by atoms with van der Waals surface area (Å²) in [5, 5.41) is 11.5. The van der Waals surface area contributed by atoms with Crippen molar-refractivity contribution in [1.29, 1.82) is 0 Å². The largest absolute Gasteiger partial charge is 0.354 e. The Morgan fingerprint density at radius 3 is 2.37 bits per heavy atom. The van der Waals surface area contributed by atoms with Gasteiger partial charge in [-0.15, -0.1) is 0 Å². The number of rotatable bonds is 6. The molecule has 4 aromatic rings. The van der Waals surface area contributed by atoms with Crippen LogP contribution in [0.15, 0.2) is 72.8 Å². The van der Waals surface area contributed by atoms with E-state index in [0.29, 0.717) is 17.3 Å². The van der Waals surface area contributed by atoms with Gasteiger partial charge in [0, 0.05) is 35.2 Å². The van der Waals surface area contributed by atoms with Crippen LogP contribution >= 0.6 is 0 Å². The second-order valence-corrected chi connectivity index (χ2v) is 6.97. The predicted octanol–water partition coefficient (Wildman–Crippen LogP) is 5.37. The summed E-state index contributed by atoms with van der Waals surface area (Å²) in [6, 6.07) is 23.1. The Labute approximate surface area is 175 Å². The summed E-state index contributed by atoms with van der Waals surface area (Å²) in [4.78, 5) is 21.4. The average Bonchev–Trinajstić information content (AvgIpc) is 2.74. The van der Waals surface area contributed by atoms with E-state index >= 15 is 0 Å². The number of hydrogen-bond acceptors (Lipinski definition) is 5. The molecule has 0 spiro atoms. The van der Waals surface area contributed by atoms with E-state index in [2.05, 4.69) is 25.9 Å². The van der Waals surface area contributed by atoms with Crippen molar-refractivity contribution >= 4 is 39.8 Å². The van der Waals surface area contributed by atoms with E-state index in [-0.39, 0.29) is 5.91 Å². The summed E-state index contributed by atoms with van der Waals surface area (Å²) < 4.78 is 0. The van der Waals surface area contributed by atoms with E-state index in [1.54, 1.807) is 0 Å². The Morgan fingerprint density at radius 1 is 0.867 bits per heavy atom. The molecule has 1 heterocycles. The zero-order valence-electron chi connectivity index (χ0n) is 16.9. The number of carbonyl (C=O) groups excluding carboxylic acids is 1. The topological polar surface area (TPSA) is 78.9 Å². The Morgan fingerprint density at radius 2 is 1.60 bits per heavy atom. The number of aryl methyl sites for hydroxylation is 1. The van der Waals surface area contributed by atoms with E-state index in [1.165, 1.54) is 0 Å². The van der Waals surface area contributed by atoms with Gasteiger partial charge in [-0.25, -0.2) is 4.98 Å². The molecule has 0 aliphatic heterocycles. The van der Waals surface area contributed by atoms with Crippen LogP contribution in [0, 0.1) is 6.92 Å². The molecule has 0 unspecified atom stereocenters. The number of benzene rings is 3. The molecule has 0 radical (unpaired) electrons. The number of hydrogen-bond donors (Lipinski definition) is 3. The number of anilines is 4. The first kappa shape index (κ1) is 19.4. The van der Waals surface area contributed by atoms with Gasteiger partial charge in [0.1, 0.15) is 5.82 Å². The van der Waals surface area contributed by atoms with Crippen LogP contribution in [0.1, 0.15) is 23.0 Å². The molecule has 4 rings (SSSR count). The molecule has 0 saturated heterocycles. The zero-order valence-corrected chi connectivity index (χ0v) is 16.9. The fourth-order valence-electron chi connectivity index (χ4n) is 3.19. The molecule has 6 heteroatoms. The summed E-state index contributed by atoms with van der Waals surface area (Å²) in [6.07, 6.45) is 0. The van der Waals surface area contributed by atoms with Crippen molar-refractivity contribution in [3.63, 3.8) is 0 Å². The van der Waals surface area contributed by atoms with Gasteiger partial charge in [0.2, 0.25) is 5.95 Å². The smallest absolute Gasteiger partial charge is 0.255 e. The second-order valence-electron chi connectivity index (χ2n) is 6.97. The van der Waals surface area contributed by atoms with Gasteiger partial charge in [-0.1, -0.05) is 30.3 Å². The number of aromatic nitrogens is 2. The van der Waals surface area contributed by atoms with Crippen molar-refractivity contribution < 1.29 is 4.79 Å². The summed E-state index contributed by atoms with van der Waals surface area (Å²) in [5.74, 6) is 1.17. The van der Waals surface area contributed by atoms with Crippen molar-refractivity contribution in [2.45, 2.75) is 13.8 Å². The maximum atomic E-state index is 12.6. The Kier molecular flexibility index (Phi) is 5.57. The highest BCUT2D eigenvalue weighted by Crippen LogP contribution is 2.21. The van der Waals surface area contributed by atoms with E-state index in [0.717, 1.165) is 34.4 Å². The number of fused-ring (bicyclic) bond motifs is 1. The number of carbonyl (C=O) groups is 1. The molecule has 30 heavy (non-hydrogen) atoms. The van der Waals surface area contributed by atoms with Crippen molar-refractivity contribution in [3.05, 3.63) is 84.1 Å². The van der Waals surface area contributed by atoms with E-state index in [4.69, 9.17) is 0 Å². The molecule has 0 aliphatic carbocycles. The van der Waals surface area contributed by atoms with Gasteiger partial charge in [-0.3, -0.25) is 4.79 Å². The fourth-order valence-corrected chi connectivity index (χ4v) is 3.19. The fraction of sp³-hybridized carbons (Fsp3) is 0.125. The maximum absolute atomic E-state index is 12.6. The van der Waals surface area contributed by atoms with Crippen LogP contribution in [0.5, 0.6) is 0 Å². The molecule has 0 fully saturated rings. The summed E-state index contributed by atoms with van der Waals surface area (Å²) >= 11 is 0. The molecule has 0 atom stereocenters. The average molecular weight is 397 g/mol. The number of nitrogens with one attached hydrogen (secondary N) is 3. The van der Waals surface area contributed by atoms with Crippen LogP contribution < -0.4 is 16.0 Å². The number of amides is 1. The van der Waals surface area contributed by atoms with Crippen molar-refractivity contribution in [2.24, 2.45) is 0 Å². The number of nitrogens with zero attached hydrogens (tertiary/aromatic N) is 2. The molecule has 1 aromatic heterocycles. The van der Waals surface area contributed by atoms with Gasteiger partial charge >= 0.3 is 0 Å². The lowest BCUT2D eigenvalue weighted by Crippen LogP contribution is -2.11. The first-order valence-corrected chi connectivity index (χ1v) is 9.87. The van der Waals surface area contributed by atoms with E-state index in [1.807, 2.05) is 86.6 Å². The highest BCUT2D eigenvalue weighted by molar-refractivity contribution is 6.06. The van der Waals surface area contributed by atoms with Crippen molar-refractivity contribution in [3.8, 4) is 0 Å². The summed E-state index contributed by atoms with van der Waals surface area (Å²) in [7, 11) is 0. The van der Waals surface area contributed by atoms with Gasteiger partial charge in [0.15, 0.2) is 0 Å². The molecular formula is C24H23N5O. The molecule has 6 nitrogen and oxygen atoms in total. The molecule has 0 aliphatic rings. The molecular weight excluding hydrogens is 374 g/mol. The maximum Gasteiger partial charge on any atom is 0.255 e. The predicted molar refractivity (Wildman–Crippen MR) is 123 cm³/mol. The van der Waals surface area contributed by atoms with Gasteiger partial charge in [0.05, 0.1) is 0 Å². The minimum atomic E-state index is -0.136. The highest BCUT2D eigenvalue weighted by atomic mass is 16.1. The summed E-state index contributed by atoms with van der Waals surface area (Å²) in [6.45, 7) is 4.69. The van der Waals surface area contributed by atoms with Crippen LogP contribution in [0.25, 0.3) is 10.8 Å². The molecule has 0 bridgehead atoms. The standard InChI is InChI=1S/C24H23N5O/c1-3-25-24-26-16(2)14-22(29-24)27-20-10-12-21(13-11-20)28-23(30)19-9-8-17-6-4-5-7-18(17)15-19/h4-15H,3H2,1-2H3,(H,28,30)(H2,25,26,27,29). The van der Waals surface area contributed by atoms with E-state index < -0.39 is 0 Å². The third-order valence-electron chi connectivity index (χ3n) is 4.62. The SMILES string of the molecule is CCNc1nc(C)cc(Nc2ccc(NC(=O)c3ccc4ccccc4c3)cc2)n1. The van der Waals surface area contributed by atoms with Crippen LogP contribution in [0.2, 0.25) is 0 Å². The second kappa shape index (κ2) is 8.61. The minimum absolute atomic E-state index is 0.136. The lowest BCUT2D eigenvalue weighted by molar-refractivity contribution is 0.102. The normalized spacial score (nSPS) is 10.6. The molecule has 1 amide bonds. The lowest BCUT2D eigenvalue weighted by Gasteiger charge is -2.10. The van der Waals surface area contributed by atoms with Crippen LogP contribution in [0.4, 0.5) is 23.1 Å². The van der Waals surface area contributed by atoms with Crippen molar-refractivity contribution in [2.75, 3.05) is 22.5 Å². The minimum Gasteiger partial charge on any atom is -0.354 e.